The average Bonchev–Trinajstić information content (AvgIpc) is 3.63. The van der Waals surface area contributed by atoms with E-state index in [0.29, 0.717) is 17.5 Å². The second kappa shape index (κ2) is 13.2. The lowest BCUT2D eigenvalue weighted by Gasteiger charge is -2.19. The lowest BCUT2D eigenvalue weighted by atomic mass is 9.87. The molecule has 0 amide bonds. The highest BCUT2D eigenvalue weighted by Gasteiger charge is 2.24. The molecule has 1 atom stereocenters. The third kappa shape index (κ3) is 5.69. The summed E-state index contributed by atoms with van der Waals surface area (Å²) in [5.41, 5.74) is 13.2. The Morgan fingerprint density at radius 1 is 0.547 bits per heavy atom. The molecule has 2 heterocycles. The molecule has 252 valence electrons. The average molecular weight is 682 g/mol. The first-order chi connectivity index (χ1) is 26.3. The van der Waals surface area contributed by atoms with Crippen LogP contribution in [0.5, 0.6) is 0 Å². The first kappa shape index (κ1) is 31.1. The number of nitrogens with zero attached hydrogens (tertiary/aromatic N) is 3. The van der Waals surface area contributed by atoms with Gasteiger partial charge in [-0.2, -0.15) is 0 Å². The van der Waals surface area contributed by atoms with E-state index in [1.807, 2.05) is 30.3 Å². The van der Waals surface area contributed by atoms with E-state index in [1.54, 1.807) is 0 Å². The van der Waals surface area contributed by atoms with Crippen molar-refractivity contribution >= 4 is 33.6 Å². The predicted molar refractivity (Wildman–Crippen MR) is 217 cm³/mol. The molecule has 2 aliphatic carbocycles. The molecule has 0 N–H and O–H groups in total. The third-order valence-electron chi connectivity index (χ3n) is 10.6. The predicted octanol–water partition coefficient (Wildman–Crippen LogP) is 12.5. The summed E-state index contributed by atoms with van der Waals surface area (Å²) in [6.45, 7) is 0. The van der Waals surface area contributed by atoms with Crippen LogP contribution in [0.15, 0.2) is 168 Å². The molecule has 2 aromatic heterocycles. The van der Waals surface area contributed by atoms with Crippen LogP contribution in [0.4, 0.5) is 0 Å². The molecule has 1 unspecified atom stereocenters. The van der Waals surface area contributed by atoms with Crippen molar-refractivity contribution in [1.29, 1.82) is 0 Å². The topological polar surface area (TPSA) is 51.8 Å². The van der Waals surface area contributed by atoms with Gasteiger partial charge in [-0.3, -0.25) is 0 Å². The highest BCUT2D eigenvalue weighted by Crippen LogP contribution is 2.44. The molecule has 0 bridgehead atoms. The fourth-order valence-corrected chi connectivity index (χ4v) is 7.90. The van der Waals surface area contributed by atoms with Crippen LogP contribution in [0.1, 0.15) is 41.3 Å². The van der Waals surface area contributed by atoms with Crippen molar-refractivity contribution in [2.75, 3.05) is 0 Å². The minimum absolute atomic E-state index is 0.272. The highest BCUT2D eigenvalue weighted by atomic mass is 16.3. The number of furan rings is 1. The largest absolute Gasteiger partial charge is 0.456 e. The Bertz CT molecular complexity index is 2740. The van der Waals surface area contributed by atoms with Crippen LogP contribution in [0.25, 0.3) is 78.6 Å². The molecule has 0 aliphatic heterocycles. The maximum absolute atomic E-state index is 6.46. The zero-order valence-electron chi connectivity index (χ0n) is 29.1. The van der Waals surface area contributed by atoms with Gasteiger partial charge in [0, 0.05) is 33.4 Å². The van der Waals surface area contributed by atoms with Crippen molar-refractivity contribution in [3.05, 3.63) is 186 Å². The molecule has 10 rings (SSSR count). The molecule has 0 spiro atoms. The first-order valence-corrected chi connectivity index (χ1v) is 18.4. The fraction of sp³-hybridized carbons (Fsp3) is 0.0816. The maximum Gasteiger partial charge on any atom is 0.165 e. The van der Waals surface area contributed by atoms with Gasteiger partial charge in [-0.25, -0.2) is 15.0 Å². The van der Waals surface area contributed by atoms with Gasteiger partial charge in [0.2, 0.25) is 0 Å². The number of aryl methyl sites for hydroxylation is 1. The van der Waals surface area contributed by atoms with Crippen molar-refractivity contribution in [1.82, 2.24) is 15.0 Å². The molecule has 0 fully saturated rings. The Labute approximate surface area is 308 Å². The van der Waals surface area contributed by atoms with Crippen LogP contribution in [0.2, 0.25) is 0 Å². The standard InChI is InChI=1S/C49H35N3O/c1-3-12-32(13-4-1)33-22-24-34(25-23-33)35-26-28-38(29-27-35)48-50-47(37-15-5-2-6-16-37)51-49(52-48)46-41(40-20-11-17-36-14-7-8-18-39(36)40)30-31-44-45(46)42-19-9-10-21-43(42)53-44/h1-6,8-13,15-26,28-31,35H,7,14,27H2. The third-order valence-corrected chi connectivity index (χ3v) is 10.6. The monoisotopic (exact) mass is 681 g/mol. The molecule has 2 aliphatic rings. The molecule has 4 heteroatoms. The number of hydrogen-bond acceptors (Lipinski definition) is 4. The summed E-state index contributed by atoms with van der Waals surface area (Å²) in [5, 5.41) is 2.06. The molecular formula is C49H35N3O. The Balaban J connectivity index is 1.12. The van der Waals surface area contributed by atoms with Crippen LogP contribution >= 0.6 is 0 Å². The van der Waals surface area contributed by atoms with Crippen molar-refractivity contribution in [2.45, 2.75) is 25.2 Å². The summed E-state index contributed by atoms with van der Waals surface area (Å²) >= 11 is 0. The zero-order chi connectivity index (χ0) is 35.1. The van der Waals surface area contributed by atoms with Crippen molar-refractivity contribution in [3.8, 4) is 45.0 Å². The van der Waals surface area contributed by atoms with E-state index in [0.717, 1.165) is 63.5 Å². The van der Waals surface area contributed by atoms with Gasteiger partial charge in [0.25, 0.3) is 0 Å². The smallest absolute Gasteiger partial charge is 0.165 e. The summed E-state index contributed by atoms with van der Waals surface area (Å²) in [7, 11) is 0. The van der Waals surface area contributed by atoms with Crippen molar-refractivity contribution in [2.24, 2.45) is 0 Å². The molecule has 8 aromatic rings. The normalized spacial score (nSPS) is 15.1. The van der Waals surface area contributed by atoms with E-state index < -0.39 is 0 Å². The number of rotatable bonds is 6. The summed E-state index contributed by atoms with van der Waals surface area (Å²) < 4.78 is 6.46. The van der Waals surface area contributed by atoms with E-state index in [-0.39, 0.29) is 5.92 Å². The molecule has 53 heavy (non-hydrogen) atoms. The summed E-state index contributed by atoms with van der Waals surface area (Å²) in [5.74, 6) is 2.21. The number of allylic oxidation sites excluding steroid dienone is 5. The number of fused-ring (bicyclic) bond motifs is 4. The highest BCUT2D eigenvalue weighted by molar-refractivity contribution is 6.15. The second-order valence-corrected chi connectivity index (χ2v) is 13.8. The Morgan fingerprint density at radius 3 is 2.09 bits per heavy atom. The first-order valence-electron chi connectivity index (χ1n) is 18.4. The van der Waals surface area contributed by atoms with E-state index in [4.69, 9.17) is 19.4 Å². The van der Waals surface area contributed by atoms with Gasteiger partial charge >= 0.3 is 0 Å². The lowest BCUT2D eigenvalue weighted by molar-refractivity contribution is 0.669. The van der Waals surface area contributed by atoms with Gasteiger partial charge in [0.15, 0.2) is 17.5 Å². The van der Waals surface area contributed by atoms with Gasteiger partial charge in [-0.1, -0.05) is 152 Å². The fourth-order valence-electron chi connectivity index (χ4n) is 7.90. The SMILES string of the molecule is C1=Cc2c(cccc2-c2ccc3oc4ccccc4c3c2-c2nc(C3=CCC(c4ccc(-c5ccccc5)cc4)C=C3)nc(-c3ccccc3)n2)CC1. The maximum atomic E-state index is 6.46. The Morgan fingerprint density at radius 2 is 1.28 bits per heavy atom. The van der Waals surface area contributed by atoms with Gasteiger partial charge < -0.3 is 4.42 Å². The zero-order valence-corrected chi connectivity index (χ0v) is 29.1. The van der Waals surface area contributed by atoms with Crippen molar-refractivity contribution in [3.63, 3.8) is 0 Å². The number of hydrogen-bond donors (Lipinski definition) is 0. The van der Waals surface area contributed by atoms with Crippen LogP contribution < -0.4 is 0 Å². The quantitative estimate of drug-likeness (QED) is 0.175. The van der Waals surface area contributed by atoms with E-state index in [2.05, 4.69) is 140 Å². The number of aromatic nitrogens is 3. The summed E-state index contributed by atoms with van der Waals surface area (Å²) in [6, 6.07) is 48.9. The van der Waals surface area contributed by atoms with E-state index in [1.165, 1.54) is 33.4 Å². The molecule has 4 nitrogen and oxygen atoms in total. The lowest BCUT2D eigenvalue weighted by Crippen LogP contribution is -2.06. The van der Waals surface area contributed by atoms with Crippen LogP contribution in [-0.4, -0.2) is 15.0 Å². The van der Waals surface area contributed by atoms with Gasteiger partial charge in [0.05, 0.1) is 0 Å². The van der Waals surface area contributed by atoms with Gasteiger partial charge in [-0.05, 0) is 76.4 Å². The minimum atomic E-state index is 0.272. The van der Waals surface area contributed by atoms with E-state index in [9.17, 15) is 0 Å². The van der Waals surface area contributed by atoms with Gasteiger partial charge in [-0.15, -0.1) is 0 Å². The second-order valence-electron chi connectivity index (χ2n) is 13.8. The van der Waals surface area contributed by atoms with Crippen LogP contribution in [0, 0.1) is 0 Å². The summed E-state index contributed by atoms with van der Waals surface area (Å²) in [6.07, 6.45) is 14.2. The molecule has 0 radical (unpaired) electrons. The van der Waals surface area contributed by atoms with Gasteiger partial charge in [0.1, 0.15) is 11.2 Å². The number of benzene rings is 6. The van der Waals surface area contributed by atoms with Crippen LogP contribution in [0.3, 0.4) is 0 Å². The molecule has 0 saturated carbocycles. The van der Waals surface area contributed by atoms with E-state index >= 15 is 0 Å². The molecule has 6 aromatic carbocycles. The minimum Gasteiger partial charge on any atom is -0.456 e. The Hall–Kier alpha value is -6.65. The molecule has 0 saturated heterocycles. The number of para-hydroxylation sites is 1. The van der Waals surface area contributed by atoms with Crippen molar-refractivity contribution < 1.29 is 4.42 Å². The molecular weight excluding hydrogens is 647 g/mol. The summed E-state index contributed by atoms with van der Waals surface area (Å²) in [4.78, 5) is 15.7. The Kier molecular flexibility index (Phi) is 7.72. The van der Waals surface area contributed by atoms with Crippen LogP contribution in [-0.2, 0) is 6.42 Å².